The average Bonchev–Trinajstić information content (AvgIpc) is 2.44. The normalized spacial score (nSPS) is 11.2. The predicted octanol–water partition coefficient (Wildman–Crippen LogP) is 2.81. The van der Waals surface area contributed by atoms with Crippen molar-refractivity contribution in [2.45, 2.75) is 4.90 Å². The van der Waals surface area contributed by atoms with Gasteiger partial charge in [-0.15, -0.1) is 0 Å². The molecule has 0 saturated carbocycles. The van der Waals surface area contributed by atoms with Gasteiger partial charge in [0.05, 0.1) is 9.82 Å². The molecule has 10 heteroatoms. The zero-order valence-electron chi connectivity index (χ0n) is 10.6. The van der Waals surface area contributed by atoms with Crippen LogP contribution in [0.1, 0.15) is 0 Å². The SMILES string of the molecule is O=[N+]([O-])c1c(F)cc(F)c(NS(=O)(=O)c2ccccc2)c1F. The summed E-state index contributed by atoms with van der Waals surface area (Å²) in [6, 6.07) is 6.59. The highest BCUT2D eigenvalue weighted by Gasteiger charge is 2.30. The largest absolute Gasteiger partial charge is 0.342 e. The van der Waals surface area contributed by atoms with E-state index >= 15 is 0 Å². The van der Waals surface area contributed by atoms with Crippen molar-refractivity contribution < 1.29 is 26.5 Å². The Morgan fingerprint density at radius 1 is 1.05 bits per heavy atom. The van der Waals surface area contributed by atoms with Gasteiger partial charge in [0.25, 0.3) is 10.0 Å². The molecule has 0 radical (unpaired) electrons. The second-order valence-corrected chi connectivity index (χ2v) is 5.74. The Labute approximate surface area is 122 Å². The molecule has 6 nitrogen and oxygen atoms in total. The lowest BCUT2D eigenvalue weighted by molar-refractivity contribution is -0.390. The van der Waals surface area contributed by atoms with E-state index in [2.05, 4.69) is 0 Å². The van der Waals surface area contributed by atoms with E-state index in [-0.39, 0.29) is 11.0 Å². The first kappa shape index (κ1) is 15.8. The highest BCUT2D eigenvalue weighted by molar-refractivity contribution is 7.92. The van der Waals surface area contributed by atoms with Gasteiger partial charge in [-0.1, -0.05) is 18.2 Å². The molecule has 0 unspecified atom stereocenters. The van der Waals surface area contributed by atoms with Crippen LogP contribution in [0.2, 0.25) is 0 Å². The minimum Gasteiger partial charge on any atom is -0.274 e. The Hall–Kier alpha value is -2.62. The number of hydrogen-bond acceptors (Lipinski definition) is 4. The minimum atomic E-state index is -4.39. The second-order valence-electron chi connectivity index (χ2n) is 4.05. The summed E-state index contributed by atoms with van der Waals surface area (Å²) < 4.78 is 66.1. The van der Waals surface area contributed by atoms with Crippen LogP contribution in [-0.2, 0) is 10.0 Å². The quantitative estimate of drug-likeness (QED) is 0.689. The Kier molecular flexibility index (Phi) is 4.04. The van der Waals surface area contributed by atoms with Gasteiger partial charge in [0.1, 0.15) is 5.69 Å². The van der Waals surface area contributed by atoms with Gasteiger partial charge in [-0.05, 0) is 12.1 Å². The highest BCUT2D eigenvalue weighted by Crippen LogP contribution is 2.31. The minimum absolute atomic E-state index is 0.0318. The van der Waals surface area contributed by atoms with E-state index < -0.39 is 43.8 Å². The molecule has 2 rings (SSSR count). The Balaban J connectivity index is 2.55. The van der Waals surface area contributed by atoms with Crippen LogP contribution in [-0.4, -0.2) is 13.3 Å². The molecular formula is C12H7F3N2O4S. The van der Waals surface area contributed by atoms with Crippen LogP contribution in [0.4, 0.5) is 24.5 Å². The Morgan fingerprint density at radius 3 is 2.18 bits per heavy atom. The van der Waals surface area contributed by atoms with Gasteiger partial charge in [-0.3, -0.25) is 14.8 Å². The molecule has 0 aromatic heterocycles. The average molecular weight is 332 g/mol. The van der Waals surface area contributed by atoms with Crippen molar-refractivity contribution in [3.63, 3.8) is 0 Å². The van der Waals surface area contributed by atoms with E-state index in [4.69, 9.17) is 0 Å². The van der Waals surface area contributed by atoms with Crippen molar-refractivity contribution in [1.29, 1.82) is 0 Å². The van der Waals surface area contributed by atoms with Crippen LogP contribution < -0.4 is 4.72 Å². The number of benzene rings is 2. The maximum atomic E-state index is 13.8. The maximum Gasteiger partial charge on any atom is 0.342 e. The molecule has 116 valence electrons. The van der Waals surface area contributed by atoms with Gasteiger partial charge in [0.15, 0.2) is 5.82 Å². The number of rotatable bonds is 4. The van der Waals surface area contributed by atoms with Crippen molar-refractivity contribution >= 4 is 21.4 Å². The first-order valence-electron chi connectivity index (χ1n) is 5.64. The van der Waals surface area contributed by atoms with Crippen LogP contribution in [0.15, 0.2) is 41.3 Å². The number of anilines is 1. The molecule has 2 aromatic rings. The lowest BCUT2D eigenvalue weighted by Gasteiger charge is -2.10. The number of hydrogen-bond donors (Lipinski definition) is 1. The summed E-state index contributed by atoms with van der Waals surface area (Å²) in [7, 11) is -4.39. The first-order chi connectivity index (χ1) is 10.2. The van der Waals surface area contributed by atoms with E-state index in [1.54, 1.807) is 4.72 Å². The summed E-state index contributed by atoms with van der Waals surface area (Å²) in [5.41, 5.74) is -2.97. The van der Waals surface area contributed by atoms with Crippen molar-refractivity contribution in [1.82, 2.24) is 0 Å². The summed E-state index contributed by atoms with van der Waals surface area (Å²) in [6.07, 6.45) is 0. The van der Waals surface area contributed by atoms with E-state index in [0.717, 1.165) is 12.1 Å². The topological polar surface area (TPSA) is 89.3 Å². The third-order valence-electron chi connectivity index (χ3n) is 2.62. The van der Waals surface area contributed by atoms with E-state index in [0.29, 0.717) is 0 Å². The molecule has 0 aliphatic heterocycles. The van der Waals surface area contributed by atoms with Crippen molar-refractivity contribution in [3.05, 3.63) is 64.0 Å². The smallest absolute Gasteiger partial charge is 0.274 e. The third-order valence-corrected chi connectivity index (χ3v) is 3.98. The van der Waals surface area contributed by atoms with Crippen LogP contribution in [0.5, 0.6) is 0 Å². The van der Waals surface area contributed by atoms with E-state index in [9.17, 15) is 31.7 Å². The fourth-order valence-corrected chi connectivity index (χ4v) is 2.72. The molecule has 0 heterocycles. The summed E-state index contributed by atoms with van der Waals surface area (Å²) in [5.74, 6) is -5.30. The zero-order chi connectivity index (χ0) is 16.5. The standard InChI is InChI=1S/C12H7F3N2O4S/c13-8-6-9(14)12(17(18)19)10(15)11(8)16-22(20,21)7-4-2-1-3-5-7/h1-6,16H. The number of nitro groups is 1. The van der Waals surface area contributed by atoms with Crippen LogP contribution in [0.3, 0.4) is 0 Å². The van der Waals surface area contributed by atoms with Crippen molar-refractivity contribution in [2.75, 3.05) is 4.72 Å². The van der Waals surface area contributed by atoms with E-state index in [1.165, 1.54) is 18.2 Å². The van der Waals surface area contributed by atoms with Crippen LogP contribution >= 0.6 is 0 Å². The third kappa shape index (κ3) is 2.86. The second kappa shape index (κ2) is 5.64. The number of sulfonamides is 1. The molecule has 0 bridgehead atoms. The molecule has 1 N–H and O–H groups in total. The van der Waals surface area contributed by atoms with Crippen molar-refractivity contribution in [2.24, 2.45) is 0 Å². The number of halogens is 3. The molecule has 0 spiro atoms. The molecule has 0 saturated heterocycles. The molecule has 2 aromatic carbocycles. The summed E-state index contributed by atoms with van der Waals surface area (Å²) in [6.45, 7) is 0. The zero-order valence-corrected chi connectivity index (χ0v) is 11.4. The predicted molar refractivity (Wildman–Crippen MR) is 70.2 cm³/mol. The number of nitrogens with zero attached hydrogens (tertiary/aromatic N) is 1. The first-order valence-corrected chi connectivity index (χ1v) is 7.12. The van der Waals surface area contributed by atoms with Gasteiger partial charge in [-0.2, -0.15) is 8.78 Å². The van der Waals surface area contributed by atoms with Gasteiger partial charge in [0.2, 0.25) is 11.6 Å². The monoisotopic (exact) mass is 332 g/mol. The number of nitro benzene ring substituents is 1. The lowest BCUT2D eigenvalue weighted by Crippen LogP contribution is -2.16. The molecular weight excluding hydrogens is 325 g/mol. The van der Waals surface area contributed by atoms with Gasteiger partial charge >= 0.3 is 5.69 Å². The summed E-state index contributed by atoms with van der Waals surface area (Å²) in [5, 5.41) is 10.6. The van der Waals surface area contributed by atoms with Crippen LogP contribution in [0.25, 0.3) is 0 Å². The Morgan fingerprint density at radius 2 is 1.64 bits per heavy atom. The Bertz CT molecular complexity index is 841. The summed E-state index contributed by atoms with van der Waals surface area (Å²) in [4.78, 5) is 8.84. The van der Waals surface area contributed by atoms with Gasteiger partial charge in [0, 0.05) is 6.07 Å². The van der Waals surface area contributed by atoms with Gasteiger partial charge in [-0.25, -0.2) is 12.8 Å². The maximum absolute atomic E-state index is 13.8. The molecule has 0 amide bonds. The van der Waals surface area contributed by atoms with Crippen molar-refractivity contribution in [3.8, 4) is 0 Å². The van der Waals surface area contributed by atoms with Crippen LogP contribution in [0, 0.1) is 27.6 Å². The molecule has 0 atom stereocenters. The molecule has 0 aliphatic carbocycles. The fourth-order valence-electron chi connectivity index (χ4n) is 1.63. The fraction of sp³-hybridized carbons (Fsp3) is 0. The molecule has 0 fully saturated rings. The molecule has 22 heavy (non-hydrogen) atoms. The van der Waals surface area contributed by atoms with E-state index in [1.807, 2.05) is 0 Å². The lowest BCUT2D eigenvalue weighted by atomic mass is 10.2. The summed E-state index contributed by atoms with van der Waals surface area (Å²) >= 11 is 0. The molecule has 0 aliphatic rings. The van der Waals surface area contributed by atoms with Gasteiger partial charge < -0.3 is 0 Å². The highest BCUT2D eigenvalue weighted by atomic mass is 32.2. The number of nitrogens with one attached hydrogen (secondary N) is 1.